The van der Waals surface area contributed by atoms with Crippen molar-refractivity contribution < 1.29 is 32.9 Å². The van der Waals surface area contributed by atoms with Crippen LogP contribution in [0.1, 0.15) is 360 Å². The first-order chi connectivity index (χ1) is 64.3. The van der Waals surface area contributed by atoms with Gasteiger partial charge in [0, 0.05) is 88.3 Å². The summed E-state index contributed by atoms with van der Waals surface area (Å²) in [4.78, 5) is 24.6. The van der Waals surface area contributed by atoms with Crippen LogP contribution in [-0.4, -0.2) is 58.8 Å². The predicted molar refractivity (Wildman–Crippen MR) is 558 cm³/mol. The number of rotatable bonds is 24. The highest BCUT2D eigenvalue weighted by atomic mass is 80.9. The molecule has 1 atom stereocenters. The molecule has 0 radical (unpaired) electrons. The molecule has 10 aromatic rings. The van der Waals surface area contributed by atoms with Crippen LogP contribution in [0, 0.1) is 13.8 Å². The summed E-state index contributed by atoms with van der Waals surface area (Å²) in [6.07, 6.45) is 50.4. The molecule has 131 heavy (non-hydrogen) atoms. The fourth-order valence-electron chi connectivity index (χ4n) is 27.6. The average molecular weight is 2010 g/mol. The van der Waals surface area contributed by atoms with Gasteiger partial charge in [-0.25, -0.2) is 0 Å². The summed E-state index contributed by atoms with van der Waals surface area (Å²) in [5.74, 6) is 1.35. The number of hydrogen-bond acceptors (Lipinski definition) is 7. The van der Waals surface area contributed by atoms with Crippen LogP contribution < -0.4 is 15.7 Å². The number of hydrogen-bond donors (Lipinski definition) is 0. The first-order valence-electron chi connectivity index (χ1n) is 51.3. The molecule has 2 heterocycles. The standard InChI is InChI=1S/C39H50.C22H36B2O5.C19H16Br2.C19H14O2.C19H18.Br2/c1-5-7-9-11-15-29-26-36(30(25-28(29)4)16-12-10-8-6-2)32-21-22-35-34-20-19-27(3)31-17-13-23-39(37(31)34)24-14-18-33(32)38(35)39;1-3-5-7-9-11-19-17-21(24-28-15-16-29-24)22(25-12-10-8-6-4-2)18-20(19)23-26-13-14-27-23;20-15-7-5-11-12-6-8-16(21)14-4-2-10-19(18(12)14)9-1-3-13(15)17(11)19;20-15-7-9-19-10-8-16(21)14-6-2-4-12(18(14)19)11-3-1-5-13(15)17(11)19;1-5-13-7-3-11-19-12-4-8-14-6-2-10-16(18(14)19)15(9-1)17(13)19;1-2/h19-22,25-26H,5-18,23-24H2,1-4H3;17-18H,3-16H2,1-2H3;5-8H,1-4,9-10H2;1-6H,7-10H2;1-2,5-6,9-10H,3-4,7-8,11-12H2;. The maximum atomic E-state index is 12.3. The zero-order chi connectivity index (χ0) is 90.1. The number of ether oxygens (including phenoxy) is 1. The van der Waals surface area contributed by atoms with E-state index >= 15 is 0 Å². The lowest BCUT2D eigenvalue weighted by Crippen LogP contribution is -2.40. The molecule has 0 bridgehead atoms. The molecule has 2 fully saturated rings. The number of carbonyl (C=O) groups excluding carboxylic acids is 2. The number of benzene rings is 10. The van der Waals surface area contributed by atoms with Crippen molar-refractivity contribution in [3.05, 3.63) is 271 Å². The summed E-state index contributed by atoms with van der Waals surface area (Å²) in [5, 5.41) is 0. The van der Waals surface area contributed by atoms with Crippen LogP contribution in [0.25, 0.3) is 55.6 Å². The number of Topliss-reactive ketones (excluding diaryl/α,β-unsaturated/α-hetero) is 2. The van der Waals surface area contributed by atoms with E-state index in [0.717, 1.165) is 59.9 Å². The second-order valence-electron chi connectivity index (χ2n) is 40.6. The maximum absolute atomic E-state index is 12.3. The molecule has 1 unspecified atom stereocenters. The van der Waals surface area contributed by atoms with Crippen molar-refractivity contribution in [3.63, 3.8) is 0 Å². The normalized spacial score (nSPS) is 18.8. The van der Waals surface area contributed by atoms with Gasteiger partial charge in [0.2, 0.25) is 0 Å². The molecule has 13 heteroatoms. The van der Waals surface area contributed by atoms with Crippen molar-refractivity contribution in [2.45, 2.75) is 326 Å². The lowest BCUT2D eigenvalue weighted by molar-refractivity contribution is 0.0934. The molecule has 14 aliphatic rings. The topological polar surface area (TPSA) is 80.3 Å². The number of fused-ring (bicyclic) bond motifs is 4. The molecule has 4 spiro atoms. The van der Waals surface area contributed by atoms with Gasteiger partial charge in [0.15, 0.2) is 11.6 Å². The Kier molecular flexibility index (Phi) is 29.1. The summed E-state index contributed by atoms with van der Waals surface area (Å²) in [6, 6.07) is 54.8. The molecular weight excluding hydrogens is 1870 g/mol. The number of unbranched alkanes of at least 4 members (excludes halogenated alkanes) is 12. The molecule has 0 N–H and O–H groups in total. The van der Waals surface area contributed by atoms with Crippen LogP contribution >= 0.6 is 60.1 Å². The van der Waals surface area contributed by atoms with Gasteiger partial charge in [-0.1, -0.05) is 264 Å². The summed E-state index contributed by atoms with van der Waals surface area (Å²) >= 11 is 13.1. The minimum absolute atomic E-state index is 0.0837. The zero-order valence-corrected chi connectivity index (χ0v) is 85.3. The zero-order valence-electron chi connectivity index (χ0n) is 78.9. The van der Waals surface area contributed by atoms with Crippen molar-refractivity contribution in [3.8, 4) is 61.4 Å². The quantitative estimate of drug-likeness (QED) is 0.0440. The summed E-state index contributed by atoms with van der Waals surface area (Å²) < 4.78 is 32.2. The van der Waals surface area contributed by atoms with Crippen molar-refractivity contribution in [1.82, 2.24) is 0 Å². The van der Waals surface area contributed by atoms with Crippen LogP contribution in [0.2, 0.25) is 0 Å². The van der Waals surface area contributed by atoms with Crippen LogP contribution in [0.15, 0.2) is 155 Å². The van der Waals surface area contributed by atoms with E-state index in [2.05, 4.69) is 223 Å². The number of carbonyl (C=O) groups is 2. The minimum atomic E-state index is -0.338. The molecular formula is C118H134B2Br4O7. The van der Waals surface area contributed by atoms with Crippen molar-refractivity contribution in [2.75, 3.05) is 33.0 Å². The van der Waals surface area contributed by atoms with Crippen molar-refractivity contribution in [2.24, 2.45) is 0 Å². The average Bonchev–Trinajstić information content (AvgIpc) is 1.56. The molecule has 682 valence electrons. The fourth-order valence-corrected chi connectivity index (χ4v) is 28.7. The fraction of sp³-hybridized carbons (Fsp3) is 0.475. The number of halogens is 4. The first-order valence-corrected chi connectivity index (χ1v) is 56.6. The molecule has 12 aliphatic carbocycles. The van der Waals surface area contributed by atoms with Gasteiger partial charge in [-0.15, -0.1) is 0 Å². The van der Waals surface area contributed by atoms with Gasteiger partial charge < -0.3 is 23.4 Å². The van der Waals surface area contributed by atoms with Crippen molar-refractivity contribution >= 4 is 96.8 Å². The molecule has 0 aromatic heterocycles. The van der Waals surface area contributed by atoms with E-state index in [1.165, 1.54) is 277 Å². The van der Waals surface area contributed by atoms with E-state index in [4.69, 9.17) is 23.4 Å². The maximum Gasteiger partial charge on any atom is 0.497 e. The highest BCUT2D eigenvalue weighted by Crippen LogP contribution is 2.66. The van der Waals surface area contributed by atoms with Crippen LogP contribution in [-0.2, 0) is 98.1 Å². The van der Waals surface area contributed by atoms with Gasteiger partial charge in [0.05, 0.1) is 33.0 Å². The molecule has 2 saturated heterocycles. The van der Waals surface area contributed by atoms with E-state index < -0.39 is 0 Å². The second-order valence-corrected chi connectivity index (χ2v) is 42.3. The number of aryl methyl sites for hydroxylation is 7. The van der Waals surface area contributed by atoms with Gasteiger partial charge in [0.1, 0.15) is 5.75 Å². The lowest BCUT2D eigenvalue weighted by atomic mass is 9.61. The Bertz CT molecular complexity index is 5740. The van der Waals surface area contributed by atoms with Crippen molar-refractivity contribution in [1.29, 1.82) is 0 Å². The third-order valence-electron chi connectivity index (χ3n) is 33.2. The Labute approximate surface area is 815 Å². The Morgan fingerprint density at radius 3 is 1.19 bits per heavy atom. The third kappa shape index (κ3) is 17.0. The summed E-state index contributed by atoms with van der Waals surface area (Å²) in [6.45, 7) is 17.1. The molecule has 0 amide bonds. The molecule has 24 rings (SSSR count). The molecule has 7 nitrogen and oxygen atoms in total. The van der Waals surface area contributed by atoms with Gasteiger partial charge in [-0.05, 0) is 372 Å². The summed E-state index contributed by atoms with van der Waals surface area (Å²) in [7, 11) is -0.632. The first kappa shape index (κ1) is 93.3. The van der Waals surface area contributed by atoms with Gasteiger partial charge in [-0.2, -0.15) is 0 Å². The molecule has 2 aliphatic heterocycles. The van der Waals surface area contributed by atoms with Gasteiger partial charge >= 0.3 is 14.2 Å². The van der Waals surface area contributed by atoms with Crippen LogP contribution in [0.3, 0.4) is 0 Å². The highest BCUT2D eigenvalue weighted by molar-refractivity contribution is 9.93. The predicted octanol–water partition coefficient (Wildman–Crippen LogP) is 30.8. The lowest BCUT2D eigenvalue weighted by Gasteiger charge is -2.42. The van der Waals surface area contributed by atoms with Gasteiger partial charge in [0.25, 0.3) is 0 Å². The van der Waals surface area contributed by atoms with E-state index in [1.54, 1.807) is 111 Å². The Morgan fingerprint density at radius 2 is 0.687 bits per heavy atom. The van der Waals surface area contributed by atoms with E-state index in [0.29, 0.717) is 56.7 Å². The SMILES string of the molecule is BrBr.Brc1ccc2c3c1CCCC31CCCc3c(Br)ccc-2c31.CCCCCCOc1cc(B2OCCO2)c(CCCCCC)cc1B1OCCO1.CCCCCCc1cc(-c2ccc3c4c2CCCC42CCCc4c(C)ccc-3c42)c(CCCCCC)cc1C.O=C1CCC23CCC(=O)c4cccc(c42)-c2cccc1c23.c1cc2c3c(c1)-c1cccc4c1C3(CCC2)CCC4. The van der Waals surface area contributed by atoms with Gasteiger partial charge in [-0.3, -0.25) is 9.59 Å². The second kappa shape index (κ2) is 40.9. The Morgan fingerprint density at radius 1 is 0.313 bits per heavy atom. The van der Waals surface area contributed by atoms with Crippen LogP contribution in [0.5, 0.6) is 5.75 Å². The van der Waals surface area contributed by atoms with E-state index in [1.807, 2.05) is 24.3 Å². The van der Waals surface area contributed by atoms with E-state index in [9.17, 15) is 9.59 Å². The Balaban J connectivity index is 0.000000108. The largest absolute Gasteiger partial charge is 0.497 e. The van der Waals surface area contributed by atoms with E-state index in [-0.39, 0.29) is 36.6 Å². The summed E-state index contributed by atoms with van der Waals surface area (Å²) in [5.41, 5.74) is 49.5. The Hall–Kier alpha value is -6.77. The number of ketones is 2. The molecule has 10 aromatic carbocycles. The third-order valence-corrected chi connectivity index (χ3v) is 34.7. The minimum Gasteiger partial charge on any atom is -0.494 e. The van der Waals surface area contributed by atoms with Crippen LogP contribution in [0.4, 0.5) is 0 Å². The molecule has 0 saturated carbocycles. The highest BCUT2D eigenvalue weighted by Gasteiger charge is 2.55. The smallest absolute Gasteiger partial charge is 0.494 e. The monoisotopic (exact) mass is 2000 g/mol.